The molecule has 1 unspecified atom stereocenters. The lowest BCUT2D eigenvalue weighted by Gasteiger charge is -2.22. The Morgan fingerprint density at radius 1 is 1.47 bits per heavy atom. The zero-order valence-electron chi connectivity index (χ0n) is 10.5. The minimum Gasteiger partial charge on any atom is -0.369 e. The maximum atomic E-state index is 11.8. The van der Waals surface area contributed by atoms with Gasteiger partial charge in [-0.1, -0.05) is 6.07 Å². The summed E-state index contributed by atoms with van der Waals surface area (Å²) in [5.41, 5.74) is 5.92. The van der Waals surface area contributed by atoms with Crippen LogP contribution in [0.5, 0.6) is 0 Å². The largest absolute Gasteiger partial charge is 0.369 e. The molecule has 104 valence electrons. The number of carbonyl (C=O) groups is 1. The zero-order chi connectivity index (χ0) is 14.2. The van der Waals surface area contributed by atoms with E-state index in [-0.39, 0.29) is 16.7 Å². The van der Waals surface area contributed by atoms with Gasteiger partial charge in [0.25, 0.3) is 0 Å². The molecule has 0 spiro atoms. The van der Waals surface area contributed by atoms with Gasteiger partial charge in [-0.15, -0.1) is 0 Å². The van der Waals surface area contributed by atoms with Gasteiger partial charge in [0.05, 0.1) is 16.5 Å². The second-order valence-corrected chi connectivity index (χ2v) is 7.53. The fraction of sp³-hybridized carbons (Fsp3) is 0.417. The van der Waals surface area contributed by atoms with Gasteiger partial charge in [0.15, 0.2) is 9.84 Å². The van der Waals surface area contributed by atoms with Crippen molar-refractivity contribution in [3.8, 4) is 0 Å². The lowest BCUT2D eigenvalue weighted by Crippen LogP contribution is -2.28. The summed E-state index contributed by atoms with van der Waals surface area (Å²) in [6.07, 6.45) is 1.83. The molecular formula is C12H15BrN2O3S. The first-order valence-corrected chi connectivity index (χ1v) is 8.52. The molecule has 0 bridgehead atoms. The molecule has 1 amide bonds. The number of primary amides is 1. The normalized spacial score (nSPS) is 19.7. The van der Waals surface area contributed by atoms with Crippen LogP contribution in [0, 0.1) is 5.92 Å². The van der Waals surface area contributed by atoms with Gasteiger partial charge in [0, 0.05) is 23.8 Å². The zero-order valence-corrected chi connectivity index (χ0v) is 12.9. The van der Waals surface area contributed by atoms with Crippen molar-refractivity contribution in [2.24, 2.45) is 11.7 Å². The van der Waals surface area contributed by atoms with Crippen molar-refractivity contribution in [3.05, 3.63) is 22.7 Å². The first-order chi connectivity index (χ1) is 8.80. The van der Waals surface area contributed by atoms with E-state index in [1.807, 2.05) is 4.90 Å². The first kappa shape index (κ1) is 14.3. The Kier molecular flexibility index (Phi) is 3.87. The maximum absolute atomic E-state index is 11.8. The molecule has 0 aliphatic carbocycles. The van der Waals surface area contributed by atoms with Crippen LogP contribution in [0.15, 0.2) is 27.6 Å². The Labute approximate surface area is 120 Å². The Morgan fingerprint density at radius 2 is 2.16 bits per heavy atom. The van der Waals surface area contributed by atoms with E-state index in [9.17, 15) is 13.2 Å². The summed E-state index contributed by atoms with van der Waals surface area (Å²) < 4.78 is 24.4. The minimum atomic E-state index is -3.32. The smallest absolute Gasteiger partial charge is 0.222 e. The van der Waals surface area contributed by atoms with E-state index in [4.69, 9.17) is 5.73 Å². The van der Waals surface area contributed by atoms with Gasteiger partial charge >= 0.3 is 0 Å². The molecule has 1 aromatic carbocycles. The number of hydrogen-bond acceptors (Lipinski definition) is 4. The topological polar surface area (TPSA) is 80.5 Å². The fourth-order valence-corrected chi connectivity index (χ4v) is 3.96. The molecule has 1 fully saturated rings. The molecule has 19 heavy (non-hydrogen) atoms. The molecule has 0 saturated carbocycles. The molecule has 5 nitrogen and oxygen atoms in total. The van der Waals surface area contributed by atoms with Crippen LogP contribution in [0.1, 0.15) is 6.42 Å². The summed E-state index contributed by atoms with van der Waals surface area (Å²) in [4.78, 5) is 13.4. The summed E-state index contributed by atoms with van der Waals surface area (Å²) in [6.45, 7) is 1.08. The second-order valence-electron chi connectivity index (χ2n) is 4.69. The van der Waals surface area contributed by atoms with Gasteiger partial charge in [-0.25, -0.2) is 8.42 Å². The molecule has 1 heterocycles. The highest BCUT2D eigenvalue weighted by atomic mass is 79.9. The van der Waals surface area contributed by atoms with E-state index in [0.29, 0.717) is 29.7 Å². The van der Waals surface area contributed by atoms with Crippen LogP contribution in [-0.2, 0) is 14.6 Å². The van der Waals surface area contributed by atoms with Crippen molar-refractivity contribution in [1.82, 2.24) is 0 Å². The lowest BCUT2D eigenvalue weighted by atomic mass is 10.1. The van der Waals surface area contributed by atoms with Crippen molar-refractivity contribution in [2.75, 3.05) is 24.2 Å². The van der Waals surface area contributed by atoms with Gasteiger partial charge in [0.2, 0.25) is 5.91 Å². The predicted molar refractivity (Wildman–Crippen MR) is 76.8 cm³/mol. The second kappa shape index (κ2) is 5.13. The summed E-state index contributed by atoms with van der Waals surface area (Å²) in [7, 11) is -3.32. The van der Waals surface area contributed by atoms with E-state index in [1.165, 1.54) is 6.26 Å². The van der Waals surface area contributed by atoms with Crippen LogP contribution in [0.3, 0.4) is 0 Å². The molecule has 7 heteroatoms. The highest BCUT2D eigenvalue weighted by Crippen LogP contribution is 2.36. The number of benzene rings is 1. The molecule has 1 aromatic rings. The third-order valence-electron chi connectivity index (χ3n) is 3.26. The molecule has 0 radical (unpaired) electrons. The summed E-state index contributed by atoms with van der Waals surface area (Å²) in [5, 5.41) is 0. The summed E-state index contributed by atoms with van der Waals surface area (Å²) in [6, 6.07) is 5.06. The van der Waals surface area contributed by atoms with Crippen LogP contribution >= 0.6 is 15.9 Å². The van der Waals surface area contributed by atoms with Crippen LogP contribution in [0.2, 0.25) is 0 Å². The van der Waals surface area contributed by atoms with Crippen molar-refractivity contribution < 1.29 is 13.2 Å². The molecular weight excluding hydrogens is 332 g/mol. The van der Waals surface area contributed by atoms with Crippen molar-refractivity contribution in [3.63, 3.8) is 0 Å². The van der Waals surface area contributed by atoms with E-state index >= 15 is 0 Å². The fourth-order valence-electron chi connectivity index (χ4n) is 2.30. The average Bonchev–Trinajstić information content (AvgIpc) is 2.76. The number of nitrogens with two attached hydrogens (primary N) is 1. The predicted octanol–water partition coefficient (Wildman–Crippen LogP) is 1.16. The van der Waals surface area contributed by atoms with Gasteiger partial charge in [0.1, 0.15) is 0 Å². The van der Waals surface area contributed by atoms with Gasteiger partial charge in [-0.2, -0.15) is 0 Å². The Morgan fingerprint density at radius 3 is 2.68 bits per heavy atom. The standard InChI is InChI=1S/C12H15BrN2O3S/c1-19(17,18)10-4-2-3-9(13)11(10)15-6-5-8(7-15)12(14)16/h2-4,8H,5-7H2,1H3,(H2,14,16). The van der Waals surface area contributed by atoms with Crippen LogP contribution in [0.4, 0.5) is 5.69 Å². The molecule has 1 aliphatic rings. The van der Waals surface area contributed by atoms with Gasteiger partial charge in [-0.05, 0) is 34.5 Å². The SMILES string of the molecule is CS(=O)(=O)c1cccc(Br)c1N1CCC(C(N)=O)C1. The van der Waals surface area contributed by atoms with Crippen LogP contribution < -0.4 is 10.6 Å². The number of nitrogens with zero attached hydrogens (tertiary/aromatic N) is 1. The molecule has 1 saturated heterocycles. The number of hydrogen-bond donors (Lipinski definition) is 1. The molecule has 0 aromatic heterocycles. The number of carbonyl (C=O) groups excluding carboxylic acids is 1. The minimum absolute atomic E-state index is 0.223. The van der Waals surface area contributed by atoms with E-state index in [1.54, 1.807) is 18.2 Å². The van der Waals surface area contributed by atoms with Gasteiger partial charge < -0.3 is 10.6 Å². The molecule has 1 aliphatic heterocycles. The van der Waals surface area contributed by atoms with Crippen LogP contribution in [0.25, 0.3) is 0 Å². The summed E-state index contributed by atoms with van der Waals surface area (Å²) in [5.74, 6) is -0.560. The quantitative estimate of drug-likeness (QED) is 0.890. The number of para-hydroxylation sites is 1. The van der Waals surface area contributed by atoms with E-state index < -0.39 is 9.84 Å². The Hall–Kier alpha value is -1.08. The highest BCUT2D eigenvalue weighted by molar-refractivity contribution is 9.10. The Balaban J connectivity index is 2.44. The number of amides is 1. The van der Waals surface area contributed by atoms with E-state index in [2.05, 4.69) is 15.9 Å². The number of halogens is 1. The lowest BCUT2D eigenvalue weighted by molar-refractivity contribution is -0.121. The highest BCUT2D eigenvalue weighted by Gasteiger charge is 2.30. The maximum Gasteiger partial charge on any atom is 0.222 e. The Bertz CT molecular complexity index is 615. The first-order valence-electron chi connectivity index (χ1n) is 5.83. The number of sulfone groups is 1. The van der Waals surface area contributed by atoms with Crippen LogP contribution in [-0.4, -0.2) is 33.7 Å². The molecule has 2 rings (SSSR count). The number of rotatable bonds is 3. The van der Waals surface area contributed by atoms with Crippen molar-refractivity contribution in [1.29, 1.82) is 0 Å². The average molecular weight is 347 g/mol. The van der Waals surface area contributed by atoms with Gasteiger partial charge in [-0.3, -0.25) is 4.79 Å². The third kappa shape index (κ3) is 2.92. The van der Waals surface area contributed by atoms with E-state index in [0.717, 1.165) is 0 Å². The summed E-state index contributed by atoms with van der Waals surface area (Å²) >= 11 is 3.38. The van der Waals surface area contributed by atoms with Crippen molar-refractivity contribution in [2.45, 2.75) is 11.3 Å². The number of anilines is 1. The van der Waals surface area contributed by atoms with Crippen molar-refractivity contribution >= 4 is 37.4 Å². The molecule has 1 atom stereocenters. The monoisotopic (exact) mass is 346 g/mol. The third-order valence-corrected chi connectivity index (χ3v) is 5.02. The molecule has 2 N–H and O–H groups in total.